The van der Waals surface area contributed by atoms with Gasteiger partial charge < -0.3 is 10.6 Å². The third-order valence-electron chi connectivity index (χ3n) is 5.54. The normalized spacial score (nSPS) is 11.0. The molecule has 0 aliphatic heterocycles. The molecule has 0 radical (unpaired) electrons. The van der Waals surface area contributed by atoms with Gasteiger partial charge in [-0.15, -0.1) is 0 Å². The third kappa shape index (κ3) is 3.60. The predicted molar refractivity (Wildman–Crippen MR) is 130 cm³/mol. The van der Waals surface area contributed by atoms with Crippen LogP contribution in [0.2, 0.25) is 0 Å². The molecule has 0 heterocycles. The van der Waals surface area contributed by atoms with E-state index in [1.807, 2.05) is 0 Å². The quantitative estimate of drug-likeness (QED) is 0.304. The van der Waals surface area contributed by atoms with Crippen LogP contribution in [0, 0.1) is 13.8 Å². The Morgan fingerprint density at radius 1 is 0.500 bits per heavy atom. The number of hydrogen-bond acceptors (Lipinski definition) is 2. The summed E-state index contributed by atoms with van der Waals surface area (Å²) in [6.45, 7) is 4.22. The number of nitrogens with one attached hydrogen (secondary N) is 2. The van der Waals surface area contributed by atoms with E-state index in [0.29, 0.717) is 0 Å². The molecule has 5 rings (SSSR count). The second kappa shape index (κ2) is 7.57. The first kappa shape index (κ1) is 18.3. The molecule has 0 atom stereocenters. The summed E-state index contributed by atoms with van der Waals surface area (Å²) in [4.78, 5) is 0. The van der Waals surface area contributed by atoms with Gasteiger partial charge in [0.15, 0.2) is 0 Å². The van der Waals surface area contributed by atoms with Gasteiger partial charge in [0.25, 0.3) is 0 Å². The van der Waals surface area contributed by atoms with Gasteiger partial charge in [0.1, 0.15) is 0 Å². The highest BCUT2D eigenvalue weighted by Gasteiger charge is 2.10. The molecule has 146 valence electrons. The maximum atomic E-state index is 3.68. The Bertz CT molecular complexity index is 1330. The zero-order chi connectivity index (χ0) is 20.5. The van der Waals surface area contributed by atoms with Crippen molar-refractivity contribution in [2.24, 2.45) is 0 Å². The van der Waals surface area contributed by atoms with Crippen LogP contribution >= 0.6 is 0 Å². The molecular formula is C28H24N2. The molecule has 5 aromatic carbocycles. The molecule has 0 saturated carbocycles. The molecule has 30 heavy (non-hydrogen) atoms. The van der Waals surface area contributed by atoms with Crippen LogP contribution < -0.4 is 10.6 Å². The molecule has 0 saturated heterocycles. The Kier molecular flexibility index (Phi) is 4.61. The van der Waals surface area contributed by atoms with Crippen LogP contribution in [0.25, 0.3) is 21.5 Å². The molecule has 0 amide bonds. The van der Waals surface area contributed by atoms with Crippen molar-refractivity contribution in [1.29, 1.82) is 0 Å². The van der Waals surface area contributed by atoms with Crippen LogP contribution in [0.1, 0.15) is 11.1 Å². The Morgan fingerprint density at radius 3 is 1.70 bits per heavy atom. The summed E-state index contributed by atoms with van der Waals surface area (Å²) in [5, 5.41) is 12.2. The summed E-state index contributed by atoms with van der Waals surface area (Å²) >= 11 is 0. The fraction of sp³-hybridized carbons (Fsp3) is 0.0714. The summed E-state index contributed by atoms with van der Waals surface area (Å²) in [7, 11) is 0. The predicted octanol–water partition coefficient (Wildman–Crippen LogP) is 8.10. The molecule has 0 bridgehead atoms. The SMILES string of the molecule is Cc1ccc(Nc2ccc3cc4ccccc4cc3c2Nc2ccc(C)cc2)cc1. The first-order valence-electron chi connectivity index (χ1n) is 10.3. The van der Waals surface area contributed by atoms with E-state index in [4.69, 9.17) is 0 Å². The van der Waals surface area contributed by atoms with Crippen molar-refractivity contribution in [3.63, 3.8) is 0 Å². The minimum Gasteiger partial charge on any atom is -0.354 e. The molecule has 2 N–H and O–H groups in total. The summed E-state index contributed by atoms with van der Waals surface area (Å²) in [6, 6.07) is 34.4. The van der Waals surface area contributed by atoms with Crippen molar-refractivity contribution in [1.82, 2.24) is 0 Å². The molecule has 0 spiro atoms. The number of rotatable bonds is 4. The number of aryl methyl sites for hydroxylation is 2. The molecule has 0 aromatic heterocycles. The number of fused-ring (bicyclic) bond motifs is 2. The van der Waals surface area contributed by atoms with E-state index < -0.39 is 0 Å². The fourth-order valence-electron chi connectivity index (χ4n) is 3.83. The second-order valence-corrected chi connectivity index (χ2v) is 7.89. The maximum absolute atomic E-state index is 3.68. The number of hydrogen-bond donors (Lipinski definition) is 2. The lowest BCUT2D eigenvalue weighted by molar-refractivity contribution is 1.44. The first-order valence-corrected chi connectivity index (χ1v) is 10.3. The Morgan fingerprint density at radius 2 is 1.07 bits per heavy atom. The van der Waals surface area contributed by atoms with Crippen molar-refractivity contribution in [3.05, 3.63) is 108 Å². The molecule has 5 aromatic rings. The minimum atomic E-state index is 1.06. The minimum absolute atomic E-state index is 1.06. The highest BCUT2D eigenvalue weighted by Crippen LogP contribution is 2.37. The molecule has 0 aliphatic rings. The summed E-state index contributed by atoms with van der Waals surface area (Å²) in [6.07, 6.45) is 0. The summed E-state index contributed by atoms with van der Waals surface area (Å²) < 4.78 is 0. The van der Waals surface area contributed by atoms with Crippen molar-refractivity contribution in [2.75, 3.05) is 10.6 Å². The Hall–Kier alpha value is -3.78. The van der Waals surface area contributed by atoms with E-state index in [1.165, 1.54) is 32.7 Å². The van der Waals surface area contributed by atoms with Gasteiger partial charge in [-0.2, -0.15) is 0 Å². The van der Waals surface area contributed by atoms with Crippen molar-refractivity contribution in [3.8, 4) is 0 Å². The number of anilines is 4. The smallest absolute Gasteiger partial charge is 0.0703 e. The van der Waals surface area contributed by atoms with Crippen molar-refractivity contribution < 1.29 is 0 Å². The zero-order valence-corrected chi connectivity index (χ0v) is 17.2. The van der Waals surface area contributed by atoms with Crippen molar-refractivity contribution in [2.45, 2.75) is 13.8 Å². The Labute approximate surface area is 177 Å². The van der Waals surface area contributed by atoms with Gasteiger partial charge in [-0.3, -0.25) is 0 Å². The van der Waals surface area contributed by atoms with Gasteiger partial charge in [0.2, 0.25) is 0 Å². The van der Waals surface area contributed by atoms with E-state index >= 15 is 0 Å². The monoisotopic (exact) mass is 388 g/mol. The standard InChI is InChI=1S/C28H24N2/c1-19-7-12-24(13-8-19)29-27-16-11-23-17-21-5-3-4-6-22(21)18-26(23)28(27)30-25-14-9-20(2)10-15-25/h3-18,29-30H,1-2H3. The third-order valence-corrected chi connectivity index (χ3v) is 5.54. The van der Waals surface area contributed by atoms with Gasteiger partial charge in [0.05, 0.1) is 11.4 Å². The topological polar surface area (TPSA) is 24.1 Å². The van der Waals surface area contributed by atoms with Gasteiger partial charge in [-0.25, -0.2) is 0 Å². The van der Waals surface area contributed by atoms with Crippen LogP contribution in [0.3, 0.4) is 0 Å². The highest BCUT2D eigenvalue weighted by atomic mass is 15.0. The van der Waals surface area contributed by atoms with Gasteiger partial charge in [-0.1, -0.05) is 65.7 Å². The van der Waals surface area contributed by atoms with Crippen LogP contribution in [0.4, 0.5) is 22.7 Å². The summed E-state index contributed by atoms with van der Waals surface area (Å²) in [5.41, 5.74) is 6.80. The maximum Gasteiger partial charge on any atom is 0.0703 e. The molecule has 0 aliphatic carbocycles. The molecule has 0 unspecified atom stereocenters. The van der Waals surface area contributed by atoms with Crippen LogP contribution in [-0.2, 0) is 0 Å². The fourth-order valence-corrected chi connectivity index (χ4v) is 3.83. The number of benzene rings is 5. The van der Waals surface area contributed by atoms with Gasteiger partial charge >= 0.3 is 0 Å². The largest absolute Gasteiger partial charge is 0.354 e. The highest BCUT2D eigenvalue weighted by molar-refractivity contribution is 6.08. The molecule has 0 fully saturated rings. The lowest BCUT2D eigenvalue weighted by atomic mass is 10.0. The molecular weight excluding hydrogens is 364 g/mol. The van der Waals surface area contributed by atoms with Crippen molar-refractivity contribution >= 4 is 44.3 Å². The zero-order valence-electron chi connectivity index (χ0n) is 17.2. The second-order valence-electron chi connectivity index (χ2n) is 7.89. The van der Waals surface area contributed by atoms with E-state index in [-0.39, 0.29) is 0 Å². The average molecular weight is 389 g/mol. The van der Waals surface area contributed by atoms with Gasteiger partial charge in [0, 0.05) is 16.8 Å². The van der Waals surface area contributed by atoms with E-state index in [9.17, 15) is 0 Å². The van der Waals surface area contributed by atoms with E-state index in [2.05, 4.69) is 122 Å². The first-order chi connectivity index (χ1) is 14.7. The Balaban J connectivity index is 1.67. The van der Waals surface area contributed by atoms with Crippen LogP contribution in [0.5, 0.6) is 0 Å². The average Bonchev–Trinajstić information content (AvgIpc) is 2.77. The van der Waals surface area contributed by atoms with E-state index in [0.717, 1.165) is 22.7 Å². The van der Waals surface area contributed by atoms with Crippen LogP contribution in [-0.4, -0.2) is 0 Å². The molecule has 2 nitrogen and oxygen atoms in total. The van der Waals surface area contributed by atoms with Gasteiger partial charge in [-0.05, 0) is 72.5 Å². The lowest BCUT2D eigenvalue weighted by Gasteiger charge is -2.18. The molecule has 2 heteroatoms. The van der Waals surface area contributed by atoms with E-state index in [1.54, 1.807) is 0 Å². The lowest BCUT2D eigenvalue weighted by Crippen LogP contribution is -1.99. The summed E-state index contributed by atoms with van der Waals surface area (Å²) in [5.74, 6) is 0. The van der Waals surface area contributed by atoms with Crippen LogP contribution in [0.15, 0.2) is 97.1 Å².